The first-order chi connectivity index (χ1) is 33.7. The van der Waals surface area contributed by atoms with Gasteiger partial charge in [-0.1, -0.05) is 188 Å². The van der Waals surface area contributed by atoms with Gasteiger partial charge in [0, 0.05) is 70.6 Å². The molecule has 0 amide bonds. The Balaban J connectivity index is 1.06. The van der Waals surface area contributed by atoms with E-state index in [9.17, 15) is 0 Å². The van der Waals surface area contributed by atoms with Crippen LogP contribution in [0, 0.1) is 0 Å². The third-order valence-corrected chi connectivity index (χ3v) is 14.1. The molecule has 0 N–H and O–H groups in total. The minimum Gasteiger partial charge on any atom is -0.309 e. The molecule has 13 rings (SSSR count). The monoisotopic (exact) mass is 885 g/mol. The third kappa shape index (κ3) is 6.86. The van der Waals surface area contributed by atoms with Crippen molar-refractivity contribution < 1.29 is 0 Å². The molecule has 0 radical (unpaired) electrons. The number of thiophene rings is 1. The van der Waals surface area contributed by atoms with Crippen molar-refractivity contribution in [2.45, 2.75) is 0 Å². The summed E-state index contributed by atoms with van der Waals surface area (Å²) in [4.78, 5) is 21.1. The van der Waals surface area contributed by atoms with Gasteiger partial charge in [0.05, 0.1) is 16.7 Å². The van der Waals surface area contributed by atoms with E-state index in [1.54, 1.807) is 0 Å². The summed E-state index contributed by atoms with van der Waals surface area (Å²) in [5.74, 6) is 1.75. The lowest BCUT2D eigenvalue weighted by molar-refractivity contribution is 1.07. The van der Waals surface area contributed by atoms with Crippen LogP contribution in [0.1, 0.15) is 0 Å². The Morgan fingerprint density at radius 1 is 0.324 bits per heavy atom. The van der Waals surface area contributed by atoms with Gasteiger partial charge in [0.15, 0.2) is 17.5 Å². The summed E-state index contributed by atoms with van der Waals surface area (Å²) in [6.07, 6.45) is 2.01. The third-order valence-electron chi connectivity index (χ3n) is 12.9. The maximum Gasteiger partial charge on any atom is 0.166 e. The zero-order valence-corrected chi connectivity index (χ0v) is 37.5. The molecular formula is C62H39N5S. The maximum atomic E-state index is 5.45. The smallest absolute Gasteiger partial charge is 0.166 e. The Morgan fingerprint density at radius 2 is 0.882 bits per heavy atom. The summed E-state index contributed by atoms with van der Waals surface area (Å²) < 4.78 is 4.76. The van der Waals surface area contributed by atoms with Gasteiger partial charge in [-0.05, 0) is 70.3 Å². The van der Waals surface area contributed by atoms with E-state index in [4.69, 9.17) is 19.9 Å². The van der Waals surface area contributed by atoms with Crippen molar-refractivity contribution in [1.29, 1.82) is 0 Å². The lowest BCUT2D eigenvalue weighted by Gasteiger charge is -2.16. The second kappa shape index (κ2) is 16.5. The molecule has 0 saturated carbocycles. The number of pyridine rings is 1. The first-order valence-corrected chi connectivity index (χ1v) is 23.6. The molecule has 0 atom stereocenters. The number of fused-ring (bicyclic) bond motifs is 6. The van der Waals surface area contributed by atoms with E-state index in [0.29, 0.717) is 17.5 Å². The number of nitrogens with zero attached hydrogens (tertiary/aromatic N) is 5. The van der Waals surface area contributed by atoms with E-state index in [1.807, 2.05) is 53.9 Å². The zero-order valence-electron chi connectivity index (χ0n) is 36.7. The van der Waals surface area contributed by atoms with Gasteiger partial charge in [0.25, 0.3) is 0 Å². The predicted octanol–water partition coefficient (Wildman–Crippen LogP) is 16.4. The van der Waals surface area contributed by atoms with Crippen LogP contribution < -0.4 is 0 Å². The molecule has 5 nitrogen and oxygen atoms in total. The van der Waals surface area contributed by atoms with E-state index in [2.05, 4.69) is 199 Å². The fourth-order valence-electron chi connectivity index (χ4n) is 9.69. The number of aromatic nitrogens is 5. The number of hydrogen-bond donors (Lipinski definition) is 0. The fourth-order valence-corrected chi connectivity index (χ4v) is 10.9. The quantitative estimate of drug-likeness (QED) is 0.153. The van der Waals surface area contributed by atoms with E-state index < -0.39 is 0 Å². The summed E-state index contributed by atoms with van der Waals surface area (Å²) in [5.41, 5.74) is 14.6. The molecule has 0 saturated heterocycles. The van der Waals surface area contributed by atoms with Gasteiger partial charge < -0.3 is 4.57 Å². The molecule has 0 aliphatic heterocycles. The average molecular weight is 886 g/mol. The average Bonchev–Trinajstić information content (AvgIpc) is 3.96. The Kier molecular flexibility index (Phi) is 9.62. The molecule has 6 heteroatoms. The van der Waals surface area contributed by atoms with Gasteiger partial charge in [-0.3, -0.25) is 4.98 Å². The molecule has 13 aromatic rings. The molecule has 0 unspecified atom stereocenters. The molecule has 0 fully saturated rings. The van der Waals surface area contributed by atoms with Crippen molar-refractivity contribution in [1.82, 2.24) is 24.5 Å². The van der Waals surface area contributed by atoms with Crippen LogP contribution in [0.25, 0.3) is 126 Å². The second-order valence-corrected chi connectivity index (χ2v) is 18.0. The van der Waals surface area contributed by atoms with Gasteiger partial charge in [-0.15, -0.1) is 11.3 Å². The van der Waals surface area contributed by atoms with Crippen LogP contribution in [0.4, 0.5) is 0 Å². The Morgan fingerprint density at radius 3 is 1.56 bits per heavy atom. The van der Waals surface area contributed by atoms with Crippen molar-refractivity contribution >= 4 is 53.3 Å². The molecule has 0 aliphatic carbocycles. The van der Waals surface area contributed by atoms with Gasteiger partial charge in [-0.25, -0.2) is 15.0 Å². The Bertz CT molecular complexity index is 3940. The highest BCUT2D eigenvalue weighted by atomic mass is 32.1. The topological polar surface area (TPSA) is 56.5 Å². The second-order valence-electron chi connectivity index (χ2n) is 17.0. The molecule has 0 spiro atoms. The Hall–Kier alpha value is -8.84. The highest BCUT2D eigenvalue weighted by molar-refractivity contribution is 7.26. The first-order valence-electron chi connectivity index (χ1n) is 22.8. The van der Waals surface area contributed by atoms with Crippen LogP contribution >= 0.6 is 11.3 Å². The summed E-state index contributed by atoms with van der Waals surface area (Å²) in [6, 6.07) is 81.2. The van der Waals surface area contributed by atoms with E-state index in [0.717, 1.165) is 66.2 Å². The van der Waals surface area contributed by atoms with E-state index >= 15 is 0 Å². The summed E-state index contributed by atoms with van der Waals surface area (Å²) >= 11 is 1.81. The highest BCUT2D eigenvalue weighted by Gasteiger charge is 2.22. The molecule has 4 aromatic heterocycles. The van der Waals surface area contributed by atoms with Crippen LogP contribution in [0.15, 0.2) is 237 Å². The van der Waals surface area contributed by atoms with Crippen molar-refractivity contribution in [3.63, 3.8) is 0 Å². The van der Waals surface area contributed by atoms with Crippen LogP contribution in [-0.2, 0) is 0 Å². The SMILES string of the molecule is c1ccc(-c2nc(-c3ccccc3)nc(-c3cc(-c4ccc(-c5ccccc5)c(-c5ccccc5)c4)cnc3-c3cccc4c3sc3cc5c(cc34)c3ccccc3n5-c3ccccc3)n2)cc1. The molecular weight excluding hydrogens is 847 g/mol. The summed E-state index contributed by atoms with van der Waals surface area (Å²) in [6.45, 7) is 0. The normalized spacial score (nSPS) is 11.5. The van der Waals surface area contributed by atoms with Crippen LogP contribution in [0.2, 0.25) is 0 Å². The van der Waals surface area contributed by atoms with Crippen LogP contribution in [0.5, 0.6) is 0 Å². The minimum absolute atomic E-state index is 0.554. The number of para-hydroxylation sites is 2. The van der Waals surface area contributed by atoms with Crippen molar-refractivity contribution in [2.75, 3.05) is 0 Å². The van der Waals surface area contributed by atoms with Gasteiger partial charge in [0.1, 0.15) is 0 Å². The largest absolute Gasteiger partial charge is 0.309 e. The summed E-state index contributed by atoms with van der Waals surface area (Å²) in [7, 11) is 0. The van der Waals surface area contributed by atoms with Gasteiger partial charge >= 0.3 is 0 Å². The predicted molar refractivity (Wildman–Crippen MR) is 283 cm³/mol. The highest BCUT2D eigenvalue weighted by Crippen LogP contribution is 2.46. The molecule has 4 heterocycles. The van der Waals surface area contributed by atoms with Crippen molar-refractivity contribution in [3.05, 3.63) is 237 Å². The summed E-state index contributed by atoms with van der Waals surface area (Å²) in [5, 5.41) is 4.87. The Labute approximate surface area is 397 Å². The molecule has 0 aliphatic rings. The zero-order chi connectivity index (χ0) is 45.0. The maximum absolute atomic E-state index is 5.45. The fraction of sp³-hybridized carbons (Fsp3) is 0. The van der Waals surface area contributed by atoms with Crippen LogP contribution in [0.3, 0.4) is 0 Å². The first kappa shape index (κ1) is 39.5. The molecule has 318 valence electrons. The minimum atomic E-state index is 0.554. The number of hydrogen-bond acceptors (Lipinski definition) is 5. The van der Waals surface area contributed by atoms with Crippen LogP contribution in [-0.4, -0.2) is 24.5 Å². The van der Waals surface area contributed by atoms with Crippen molar-refractivity contribution in [2.24, 2.45) is 0 Å². The van der Waals surface area contributed by atoms with Crippen molar-refractivity contribution in [3.8, 4) is 84.5 Å². The number of benzene rings is 9. The van der Waals surface area contributed by atoms with Gasteiger partial charge in [-0.2, -0.15) is 0 Å². The number of rotatable bonds is 8. The molecule has 0 bridgehead atoms. The lowest BCUT2D eigenvalue weighted by Crippen LogP contribution is -2.02. The lowest BCUT2D eigenvalue weighted by atomic mass is 9.91. The van der Waals surface area contributed by atoms with E-state index in [-0.39, 0.29) is 0 Å². The molecule has 9 aromatic carbocycles. The molecule has 68 heavy (non-hydrogen) atoms. The van der Waals surface area contributed by atoms with E-state index in [1.165, 1.54) is 42.8 Å². The van der Waals surface area contributed by atoms with Gasteiger partial charge in [0.2, 0.25) is 0 Å². The standard InChI is InChI=1S/C62H39N5S/c1-6-19-40(20-7-1)47-34-33-44(35-51(47)41-21-8-2-9-22-41)45-36-54(62-65-60(42-23-10-3-11-24-42)64-61(66-62)43-25-12-4-13-26-43)58(63-39-45)50-31-18-30-49-53-37-52-48-29-16-17-32-55(48)67(46-27-14-5-15-28-46)56(52)38-57(53)68-59(49)50/h1-39H.